The van der Waals surface area contributed by atoms with Crippen molar-refractivity contribution in [3.05, 3.63) is 0 Å². The molecule has 0 saturated carbocycles. The van der Waals surface area contributed by atoms with Crippen LogP contribution < -0.4 is 0 Å². The molecule has 0 aliphatic carbocycles. The Kier molecular flexibility index (Phi) is 9.97. The van der Waals surface area contributed by atoms with Crippen LogP contribution in [0.15, 0.2) is 0 Å². The Morgan fingerprint density at radius 2 is 1.83 bits per heavy atom. The third-order valence-corrected chi connectivity index (χ3v) is 2.50. The van der Waals surface area contributed by atoms with Crippen LogP contribution >= 0.6 is 0 Å². The van der Waals surface area contributed by atoms with Gasteiger partial charge >= 0.3 is 85.0 Å². The van der Waals surface area contributed by atoms with Gasteiger partial charge in [0.1, 0.15) is 0 Å². The van der Waals surface area contributed by atoms with E-state index in [1.54, 1.807) is 0 Å². The molecule has 2 heteroatoms. The van der Waals surface area contributed by atoms with Crippen molar-refractivity contribution in [1.82, 2.24) is 0 Å². The molecule has 0 saturated heterocycles. The normalized spacial score (nSPS) is 13.3. The zero-order valence-corrected chi connectivity index (χ0v) is 9.67. The standard InChI is InChI=1S/C10H21O.Al.2H/c1-3-5-6-7-8-9-10-11-4-2;;;/h10H,3-9H2,1-2H3;;;/q;+2;2*-1. The molecular weight excluding hydrogens is 163 g/mol. The third-order valence-electron chi connectivity index (χ3n) is 1.97. The molecule has 1 unspecified atom stereocenters. The van der Waals surface area contributed by atoms with Crippen LogP contribution in [0, 0.1) is 0 Å². The van der Waals surface area contributed by atoms with Crippen molar-refractivity contribution < 1.29 is 7.59 Å². The van der Waals surface area contributed by atoms with E-state index >= 15 is 0 Å². The van der Waals surface area contributed by atoms with Crippen LogP contribution in [-0.4, -0.2) is 27.9 Å². The Labute approximate surface area is 88.3 Å². The molecule has 0 rings (SSSR count). The molecule has 0 spiro atoms. The molecule has 0 amide bonds. The first-order chi connectivity index (χ1) is 5.81. The molecule has 0 aliphatic rings. The fourth-order valence-corrected chi connectivity index (χ4v) is 1.67. The topological polar surface area (TPSA) is 9.23 Å². The van der Waals surface area contributed by atoms with Gasteiger partial charge in [-0.1, -0.05) is 0 Å². The van der Waals surface area contributed by atoms with E-state index in [1.165, 1.54) is 38.5 Å². The van der Waals surface area contributed by atoms with Crippen molar-refractivity contribution in [2.75, 3.05) is 6.61 Å². The van der Waals surface area contributed by atoms with Crippen molar-refractivity contribution >= 4 is 16.3 Å². The summed E-state index contributed by atoms with van der Waals surface area (Å²) in [6, 6.07) is 0. The summed E-state index contributed by atoms with van der Waals surface area (Å²) in [6.45, 7) is 5.13. The summed E-state index contributed by atoms with van der Waals surface area (Å²) in [5.41, 5.74) is 0. The van der Waals surface area contributed by atoms with Gasteiger partial charge in [-0.25, -0.2) is 0 Å². The van der Waals surface area contributed by atoms with E-state index in [0.717, 1.165) is 6.61 Å². The van der Waals surface area contributed by atoms with E-state index < -0.39 is 0 Å². The summed E-state index contributed by atoms with van der Waals surface area (Å²) in [5, 5.41) is 0. The van der Waals surface area contributed by atoms with Gasteiger partial charge in [0, 0.05) is 0 Å². The van der Waals surface area contributed by atoms with Gasteiger partial charge in [-0.15, -0.1) is 0 Å². The molecule has 0 fully saturated rings. The van der Waals surface area contributed by atoms with Gasteiger partial charge in [-0.05, 0) is 0 Å². The van der Waals surface area contributed by atoms with E-state index in [-0.39, 0.29) is 2.85 Å². The largest absolute Gasteiger partial charge is 1.00 e. The first kappa shape index (κ1) is 12.5. The second-order valence-corrected chi connectivity index (χ2v) is 3.94. The van der Waals surface area contributed by atoms with E-state index in [1.807, 2.05) is 6.92 Å². The van der Waals surface area contributed by atoms with E-state index in [4.69, 9.17) is 4.74 Å². The summed E-state index contributed by atoms with van der Waals surface area (Å²) in [7, 11) is 0. The average molecular weight is 186 g/mol. The number of hydrogen-bond acceptors (Lipinski definition) is 1. The van der Waals surface area contributed by atoms with Gasteiger partial charge in [0.15, 0.2) is 0 Å². The zero-order valence-electron chi connectivity index (χ0n) is 10.5. The Morgan fingerprint density at radius 3 is 2.42 bits per heavy atom. The first-order valence-corrected chi connectivity index (χ1v) is 5.85. The molecule has 1 atom stereocenters. The quantitative estimate of drug-likeness (QED) is 0.418. The van der Waals surface area contributed by atoms with Crippen LogP contribution in [0.1, 0.15) is 55.2 Å². The summed E-state index contributed by atoms with van der Waals surface area (Å²) >= 11 is 2.75. The third kappa shape index (κ3) is 8.59. The van der Waals surface area contributed by atoms with E-state index in [0.29, 0.717) is 4.97 Å². The summed E-state index contributed by atoms with van der Waals surface area (Å²) in [6.07, 6.45) is 7.98. The maximum atomic E-state index is 5.41. The number of ether oxygens (including phenoxy) is 1. The van der Waals surface area contributed by atoms with Gasteiger partial charge in [-0.3, -0.25) is 0 Å². The second kappa shape index (κ2) is 9.58. The fraction of sp³-hybridized carbons (Fsp3) is 1.00. The minimum atomic E-state index is 0. The predicted octanol–water partition coefficient (Wildman–Crippen LogP) is 3.10. The maximum Gasteiger partial charge on any atom is -1.00 e. The minimum absolute atomic E-state index is 0. The molecule has 72 valence electrons. The van der Waals surface area contributed by atoms with Crippen LogP contribution in [0.5, 0.6) is 0 Å². The Morgan fingerprint density at radius 1 is 1.17 bits per heavy atom. The van der Waals surface area contributed by atoms with Crippen LogP contribution in [-0.2, 0) is 4.74 Å². The fourth-order valence-electron chi connectivity index (χ4n) is 1.25. The zero-order chi connectivity index (χ0) is 9.23. The molecule has 0 N–H and O–H groups in total. The molecule has 0 radical (unpaired) electrons. The van der Waals surface area contributed by atoms with Crippen LogP contribution in [0.4, 0.5) is 0 Å². The van der Waals surface area contributed by atoms with Gasteiger partial charge in [0.25, 0.3) is 0 Å². The van der Waals surface area contributed by atoms with Crippen molar-refractivity contribution in [3.8, 4) is 0 Å². The molecule has 12 heavy (non-hydrogen) atoms. The smallest absolute Gasteiger partial charge is 1.00 e. The Bertz CT molecular complexity index is 94.2. The summed E-state index contributed by atoms with van der Waals surface area (Å²) < 4.78 is 5.41. The molecule has 0 heterocycles. The molecule has 0 aromatic carbocycles. The van der Waals surface area contributed by atoms with Crippen LogP contribution in [0.2, 0.25) is 0 Å². The number of hydrogen-bond donors (Lipinski definition) is 0. The van der Waals surface area contributed by atoms with Crippen molar-refractivity contribution in [3.63, 3.8) is 0 Å². The summed E-state index contributed by atoms with van der Waals surface area (Å²) in [4.78, 5) is 0.386. The SMILES string of the molecule is CCCCCCC[CH]([Al+2])OCC.[H-].[H-]. The monoisotopic (exact) mass is 186 g/mol. The maximum absolute atomic E-state index is 5.41. The number of unbranched alkanes of at least 4 members (excludes halogenated alkanes) is 4. The second-order valence-electron chi connectivity index (χ2n) is 3.20. The van der Waals surface area contributed by atoms with Crippen molar-refractivity contribution in [2.45, 2.75) is 57.3 Å². The molecule has 0 bridgehead atoms. The predicted molar refractivity (Wildman–Crippen MR) is 56.8 cm³/mol. The van der Waals surface area contributed by atoms with Crippen molar-refractivity contribution in [1.29, 1.82) is 0 Å². The van der Waals surface area contributed by atoms with Gasteiger partial charge in [-0.2, -0.15) is 0 Å². The van der Waals surface area contributed by atoms with Gasteiger partial charge in [0.2, 0.25) is 0 Å². The summed E-state index contributed by atoms with van der Waals surface area (Å²) in [5.74, 6) is 0. The molecule has 1 nitrogen and oxygen atoms in total. The van der Waals surface area contributed by atoms with Gasteiger partial charge < -0.3 is 2.85 Å². The first-order valence-electron chi connectivity index (χ1n) is 5.18. The molecule has 0 aromatic heterocycles. The minimum Gasteiger partial charge on any atom is -1.00 e. The molecule has 0 aromatic rings. The van der Waals surface area contributed by atoms with Crippen LogP contribution in [0.25, 0.3) is 0 Å². The average Bonchev–Trinajstić information content (AvgIpc) is 2.05. The van der Waals surface area contributed by atoms with Gasteiger partial charge in [0.05, 0.1) is 0 Å². The molecular formula is C10H23AlO. The Hall–Kier alpha value is 0.492. The Balaban J connectivity index is -0.000000605. The van der Waals surface area contributed by atoms with E-state index in [9.17, 15) is 0 Å². The number of rotatable bonds is 8. The van der Waals surface area contributed by atoms with E-state index in [2.05, 4.69) is 23.2 Å². The van der Waals surface area contributed by atoms with Crippen molar-refractivity contribution in [2.24, 2.45) is 0 Å². The molecule has 0 aliphatic heterocycles. The van der Waals surface area contributed by atoms with Crippen LogP contribution in [0.3, 0.4) is 0 Å².